The molecule has 0 radical (unpaired) electrons. The van der Waals surface area contributed by atoms with Crippen LogP contribution in [0.4, 0.5) is 11.8 Å². The Morgan fingerprint density at radius 2 is 2.03 bits per heavy atom. The molecule has 3 aliphatic heterocycles. The summed E-state index contributed by atoms with van der Waals surface area (Å²) >= 11 is 0. The molecular weight excluding hydrogens is 380 g/mol. The number of aromatic nitrogens is 3. The number of amides is 1. The Hall–Kier alpha value is -2.90. The van der Waals surface area contributed by atoms with Crippen molar-refractivity contribution in [3.05, 3.63) is 35.7 Å². The molecule has 8 heteroatoms. The third kappa shape index (κ3) is 3.24. The Labute approximate surface area is 176 Å². The number of ether oxygens (including phenoxy) is 1. The van der Waals surface area contributed by atoms with Gasteiger partial charge in [-0.2, -0.15) is 4.98 Å². The van der Waals surface area contributed by atoms with Crippen molar-refractivity contribution in [2.45, 2.75) is 32.1 Å². The molecule has 0 saturated carbocycles. The highest BCUT2D eigenvalue weighted by Crippen LogP contribution is 2.43. The molecule has 1 N–H and O–H groups in total. The first-order chi connectivity index (χ1) is 14.6. The molecule has 5 heterocycles. The van der Waals surface area contributed by atoms with Crippen molar-refractivity contribution in [1.29, 1.82) is 0 Å². The number of carbonyl (C=O) groups is 1. The Morgan fingerprint density at radius 3 is 2.83 bits per heavy atom. The molecule has 1 spiro atoms. The summed E-state index contributed by atoms with van der Waals surface area (Å²) in [6.07, 6.45) is 4.45. The average molecular weight is 409 g/mol. The van der Waals surface area contributed by atoms with Crippen molar-refractivity contribution < 1.29 is 9.53 Å². The molecule has 1 amide bonds. The average Bonchev–Trinajstić information content (AvgIpc) is 3.31. The van der Waals surface area contributed by atoms with E-state index in [4.69, 9.17) is 4.74 Å². The molecule has 2 saturated heterocycles. The van der Waals surface area contributed by atoms with Crippen LogP contribution in [0.25, 0.3) is 0 Å². The number of methoxy groups -OCH3 is 1. The smallest absolute Gasteiger partial charge is 0.229 e. The van der Waals surface area contributed by atoms with E-state index in [0.717, 1.165) is 63.5 Å². The number of hydrogen-bond donors (Lipinski definition) is 1. The van der Waals surface area contributed by atoms with Gasteiger partial charge in [0.05, 0.1) is 12.5 Å². The maximum atomic E-state index is 13.4. The van der Waals surface area contributed by atoms with Gasteiger partial charge >= 0.3 is 0 Å². The monoisotopic (exact) mass is 408 g/mol. The number of carbonyl (C=O) groups excluding carboxylic acids is 1. The van der Waals surface area contributed by atoms with E-state index in [-0.39, 0.29) is 5.41 Å². The number of rotatable bonds is 4. The molecule has 2 aromatic heterocycles. The highest BCUT2D eigenvalue weighted by atomic mass is 16.5. The van der Waals surface area contributed by atoms with Gasteiger partial charge in [-0.25, -0.2) is 9.97 Å². The largest absolute Gasteiger partial charge is 0.481 e. The Kier molecular flexibility index (Phi) is 4.72. The Balaban J connectivity index is 1.24. The quantitative estimate of drug-likeness (QED) is 0.830. The predicted molar refractivity (Wildman–Crippen MR) is 114 cm³/mol. The van der Waals surface area contributed by atoms with Gasteiger partial charge in [-0.05, 0) is 32.3 Å². The molecule has 2 aromatic rings. The second-order valence-corrected chi connectivity index (χ2v) is 8.64. The molecule has 5 rings (SSSR count). The van der Waals surface area contributed by atoms with Gasteiger partial charge in [-0.3, -0.25) is 4.79 Å². The highest BCUT2D eigenvalue weighted by Gasteiger charge is 2.49. The SMILES string of the molecule is COc1cc(C)nc(N2CCC3(CCN(CC4CNc5ncccc54)C3=O)CC2)n1. The fourth-order valence-electron chi connectivity index (χ4n) is 5.09. The zero-order valence-corrected chi connectivity index (χ0v) is 17.6. The van der Waals surface area contributed by atoms with Crippen LogP contribution in [0.3, 0.4) is 0 Å². The van der Waals surface area contributed by atoms with Gasteiger partial charge in [-0.1, -0.05) is 6.07 Å². The summed E-state index contributed by atoms with van der Waals surface area (Å²) in [5.41, 5.74) is 1.89. The van der Waals surface area contributed by atoms with Crippen LogP contribution in [0, 0.1) is 12.3 Å². The van der Waals surface area contributed by atoms with Gasteiger partial charge < -0.3 is 19.9 Å². The molecule has 0 bridgehead atoms. The van der Waals surface area contributed by atoms with E-state index in [1.54, 1.807) is 7.11 Å². The third-order valence-corrected chi connectivity index (χ3v) is 6.87. The second kappa shape index (κ2) is 7.41. The van der Waals surface area contributed by atoms with Crippen LogP contribution in [-0.2, 0) is 4.79 Å². The summed E-state index contributed by atoms with van der Waals surface area (Å²) in [4.78, 5) is 31.1. The van der Waals surface area contributed by atoms with Gasteiger partial charge in [0.1, 0.15) is 5.82 Å². The third-order valence-electron chi connectivity index (χ3n) is 6.87. The zero-order valence-electron chi connectivity index (χ0n) is 17.6. The lowest BCUT2D eigenvalue weighted by Crippen LogP contribution is -2.45. The summed E-state index contributed by atoms with van der Waals surface area (Å²) < 4.78 is 5.29. The van der Waals surface area contributed by atoms with E-state index in [1.807, 2.05) is 25.3 Å². The maximum Gasteiger partial charge on any atom is 0.229 e. The standard InChI is InChI=1S/C22H28N6O2/c1-15-12-18(30-2)26-21(25-15)27-9-5-22(6-10-27)7-11-28(20(22)29)14-16-13-24-19-17(16)4-3-8-23-19/h3-4,8,12,16H,5-7,9-11,13-14H2,1-2H3,(H,23,24). The molecule has 1 unspecified atom stereocenters. The van der Waals surface area contributed by atoms with Crippen LogP contribution < -0.4 is 15.0 Å². The lowest BCUT2D eigenvalue weighted by Gasteiger charge is -2.38. The molecule has 30 heavy (non-hydrogen) atoms. The van der Waals surface area contributed by atoms with E-state index < -0.39 is 0 Å². The molecule has 158 valence electrons. The van der Waals surface area contributed by atoms with Crippen molar-refractivity contribution in [1.82, 2.24) is 19.9 Å². The lowest BCUT2D eigenvalue weighted by atomic mass is 9.77. The van der Waals surface area contributed by atoms with E-state index in [0.29, 0.717) is 23.7 Å². The number of likely N-dealkylation sites (tertiary alicyclic amines) is 1. The Bertz CT molecular complexity index is 956. The van der Waals surface area contributed by atoms with Gasteiger partial charge in [0.25, 0.3) is 0 Å². The summed E-state index contributed by atoms with van der Waals surface area (Å²) in [6.45, 7) is 6.01. The van der Waals surface area contributed by atoms with Crippen molar-refractivity contribution in [3.63, 3.8) is 0 Å². The molecule has 0 aliphatic carbocycles. The number of pyridine rings is 1. The minimum Gasteiger partial charge on any atom is -0.481 e. The minimum absolute atomic E-state index is 0.228. The van der Waals surface area contributed by atoms with Crippen LogP contribution >= 0.6 is 0 Å². The number of hydrogen-bond acceptors (Lipinski definition) is 7. The predicted octanol–water partition coefficient (Wildman–Crippen LogP) is 2.22. The van der Waals surface area contributed by atoms with Crippen LogP contribution in [0.15, 0.2) is 24.4 Å². The van der Waals surface area contributed by atoms with E-state index in [2.05, 4.69) is 36.1 Å². The molecule has 0 aromatic carbocycles. The number of aryl methyl sites for hydroxylation is 1. The minimum atomic E-state index is -0.228. The van der Waals surface area contributed by atoms with E-state index in [9.17, 15) is 4.79 Å². The first kappa shape index (κ1) is 19.1. The first-order valence-corrected chi connectivity index (χ1v) is 10.7. The summed E-state index contributed by atoms with van der Waals surface area (Å²) in [6, 6.07) is 5.93. The first-order valence-electron chi connectivity index (χ1n) is 10.7. The normalized spacial score (nSPS) is 22.3. The Morgan fingerprint density at radius 1 is 1.23 bits per heavy atom. The number of piperidine rings is 1. The fourth-order valence-corrected chi connectivity index (χ4v) is 5.09. The zero-order chi connectivity index (χ0) is 20.7. The van der Waals surface area contributed by atoms with Gasteiger partial charge in [-0.15, -0.1) is 0 Å². The van der Waals surface area contributed by atoms with Crippen molar-refractivity contribution in [2.75, 3.05) is 50.1 Å². The summed E-state index contributed by atoms with van der Waals surface area (Å²) in [7, 11) is 1.62. The molecule has 2 fully saturated rings. The van der Waals surface area contributed by atoms with Gasteiger partial charge in [0.2, 0.25) is 17.7 Å². The number of nitrogens with one attached hydrogen (secondary N) is 1. The fraction of sp³-hybridized carbons (Fsp3) is 0.545. The molecular formula is C22H28N6O2. The summed E-state index contributed by atoms with van der Waals surface area (Å²) in [5.74, 6) is 2.89. The van der Waals surface area contributed by atoms with Crippen LogP contribution in [0.1, 0.15) is 36.4 Å². The van der Waals surface area contributed by atoms with Crippen molar-refractivity contribution in [2.24, 2.45) is 5.41 Å². The lowest BCUT2D eigenvalue weighted by molar-refractivity contribution is -0.137. The van der Waals surface area contributed by atoms with Crippen LogP contribution in [0.5, 0.6) is 5.88 Å². The number of fused-ring (bicyclic) bond motifs is 1. The van der Waals surface area contributed by atoms with Gasteiger partial charge in [0.15, 0.2) is 0 Å². The molecule has 8 nitrogen and oxygen atoms in total. The highest BCUT2D eigenvalue weighted by molar-refractivity contribution is 5.85. The van der Waals surface area contributed by atoms with Gasteiger partial charge in [0, 0.05) is 62.2 Å². The van der Waals surface area contributed by atoms with E-state index in [1.165, 1.54) is 5.56 Å². The summed E-state index contributed by atoms with van der Waals surface area (Å²) in [5, 5.41) is 3.37. The molecule has 1 atom stereocenters. The van der Waals surface area contributed by atoms with Crippen molar-refractivity contribution in [3.8, 4) is 5.88 Å². The van der Waals surface area contributed by atoms with E-state index >= 15 is 0 Å². The molecule has 3 aliphatic rings. The maximum absolute atomic E-state index is 13.4. The van der Waals surface area contributed by atoms with Crippen LogP contribution in [0.2, 0.25) is 0 Å². The second-order valence-electron chi connectivity index (χ2n) is 8.64. The number of nitrogens with zero attached hydrogens (tertiary/aromatic N) is 5. The topological polar surface area (TPSA) is 83.5 Å². The van der Waals surface area contributed by atoms with Crippen LogP contribution in [-0.4, -0.2) is 65.6 Å². The number of anilines is 2. The van der Waals surface area contributed by atoms with Crippen molar-refractivity contribution >= 4 is 17.7 Å².